The second kappa shape index (κ2) is 13.5. The topological polar surface area (TPSA) is 38.8 Å². The summed E-state index contributed by atoms with van der Waals surface area (Å²) in [7, 11) is 0. The Morgan fingerprint density at radius 1 is 1.13 bits per heavy atom. The molecular formula is C34H53NO3S. The number of hydrogen-bond acceptors (Lipinski definition) is 5. The summed E-state index contributed by atoms with van der Waals surface area (Å²) in [5.41, 5.74) is 3.20. The lowest BCUT2D eigenvalue weighted by Gasteiger charge is -2.41. The van der Waals surface area contributed by atoms with E-state index in [1.165, 1.54) is 61.0 Å². The molecule has 0 aromatic heterocycles. The molecule has 0 spiro atoms. The van der Waals surface area contributed by atoms with Gasteiger partial charge in [0.25, 0.3) is 0 Å². The van der Waals surface area contributed by atoms with Gasteiger partial charge in [0.15, 0.2) is 0 Å². The van der Waals surface area contributed by atoms with Gasteiger partial charge in [-0.1, -0.05) is 66.7 Å². The van der Waals surface area contributed by atoms with Gasteiger partial charge in [0.1, 0.15) is 17.1 Å². The van der Waals surface area contributed by atoms with E-state index in [-0.39, 0.29) is 17.5 Å². The smallest absolute Gasteiger partial charge is 0.314 e. The molecule has 1 fully saturated rings. The molecule has 0 N–H and O–H groups in total. The third kappa shape index (κ3) is 7.25. The average Bonchev–Trinajstić information content (AvgIpc) is 2.91. The van der Waals surface area contributed by atoms with E-state index in [9.17, 15) is 4.79 Å². The number of allylic oxidation sites excluding steroid dienone is 1. The predicted molar refractivity (Wildman–Crippen MR) is 166 cm³/mol. The number of piperidine rings is 1. The minimum absolute atomic E-state index is 0.113. The lowest BCUT2D eigenvalue weighted by atomic mass is 9.81. The number of thioether (sulfide) groups is 1. The number of rotatable bonds is 11. The number of ether oxygens (including phenoxy) is 2. The molecule has 0 aliphatic carbocycles. The number of carbonyl (C=O) groups is 1. The standard InChI is InChI=1S/C34H53NO3S/c1-8-9-11-14-23(2)26(5)27-21-28(37-33(36)25(4)15-19-35-17-12-10-13-18-35)31-29(22-27)38-34(6,7)32-30(31)24(3)16-20-39-32/h21-26H,8-20H2,1-7H3. The summed E-state index contributed by atoms with van der Waals surface area (Å²) in [6.07, 6.45) is 10.9. The number of fused-ring (bicyclic) bond motifs is 2. The van der Waals surface area contributed by atoms with Crippen molar-refractivity contribution in [3.63, 3.8) is 0 Å². The van der Waals surface area contributed by atoms with E-state index >= 15 is 0 Å². The van der Waals surface area contributed by atoms with Crippen LogP contribution in [0.15, 0.2) is 17.0 Å². The second-order valence-electron chi connectivity index (χ2n) is 13.1. The largest absolute Gasteiger partial charge is 0.482 e. The number of unbranched alkanes of at least 4 members (excludes halogenated alkanes) is 2. The zero-order chi connectivity index (χ0) is 28.2. The van der Waals surface area contributed by atoms with Crippen molar-refractivity contribution in [3.8, 4) is 11.5 Å². The van der Waals surface area contributed by atoms with Crippen LogP contribution in [0.3, 0.4) is 0 Å². The lowest BCUT2D eigenvalue weighted by molar-refractivity contribution is -0.138. The van der Waals surface area contributed by atoms with Gasteiger partial charge in [-0.05, 0) is 106 Å². The molecule has 3 aliphatic heterocycles. The molecule has 39 heavy (non-hydrogen) atoms. The minimum atomic E-state index is -0.376. The molecule has 4 rings (SSSR count). The van der Waals surface area contributed by atoms with Crippen molar-refractivity contribution in [2.75, 3.05) is 25.4 Å². The van der Waals surface area contributed by atoms with E-state index in [0.717, 1.165) is 49.5 Å². The Hall–Kier alpha value is -1.46. The summed E-state index contributed by atoms with van der Waals surface area (Å²) in [4.78, 5) is 17.3. The third-order valence-corrected chi connectivity index (χ3v) is 10.8. The Labute approximate surface area is 242 Å². The Morgan fingerprint density at radius 2 is 1.87 bits per heavy atom. The maximum Gasteiger partial charge on any atom is 0.314 e. The Morgan fingerprint density at radius 3 is 2.59 bits per heavy atom. The molecule has 4 unspecified atom stereocenters. The maximum absolute atomic E-state index is 13.5. The molecule has 0 radical (unpaired) electrons. The summed E-state index contributed by atoms with van der Waals surface area (Å²) in [5, 5.41) is 0. The maximum atomic E-state index is 13.5. The molecule has 3 heterocycles. The molecule has 0 bridgehead atoms. The van der Waals surface area contributed by atoms with Gasteiger partial charge in [-0.2, -0.15) is 0 Å². The first-order valence-electron chi connectivity index (χ1n) is 15.8. The van der Waals surface area contributed by atoms with Crippen LogP contribution in [0.4, 0.5) is 0 Å². The van der Waals surface area contributed by atoms with Crippen LogP contribution in [0.1, 0.15) is 123 Å². The minimum Gasteiger partial charge on any atom is -0.482 e. The summed E-state index contributed by atoms with van der Waals surface area (Å²) in [6.45, 7) is 19.0. The fourth-order valence-corrected chi connectivity index (χ4v) is 7.97. The summed E-state index contributed by atoms with van der Waals surface area (Å²) >= 11 is 1.91. The zero-order valence-corrected chi connectivity index (χ0v) is 26.6. The van der Waals surface area contributed by atoms with Gasteiger partial charge in [0.05, 0.1) is 11.5 Å². The number of nitrogens with zero attached hydrogens (tertiary/aromatic N) is 1. The van der Waals surface area contributed by atoms with E-state index in [1.54, 1.807) is 0 Å². The molecule has 1 saturated heterocycles. The molecule has 1 aromatic rings. The van der Waals surface area contributed by atoms with Crippen LogP contribution >= 0.6 is 11.8 Å². The number of likely N-dealkylation sites (tertiary alicyclic amines) is 1. The van der Waals surface area contributed by atoms with Crippen LogP contribution in [0.25, 0.3) is 5.57 Å². The Kier molecular flexibility index (Phi) is 10.5. The van der Waals surface area contributed by atoms with Crippen LogP contribution in [-0.2, 0) is 4.79 Å². The lowest BCUT2D eigenvalue weighted by Crippen LogP contribution is -2.36. The molecule has 1 aromatic carbocycles. The first-order chi connectivity index (χ1) is 18.6. The molecule has 3 aliphatic rings. The zero-order valence-electron chi connectivity index (χ0n) is 25.7. The quantitative estimate of drug-likeness (QED) is 0.155. The van der Waals surface area contributed by atoms with E-state index in [4.69, 9.17) is 9.47 Å². The van der Waals surface area contributed by atoms with Crippen LogP contribution in [0.5, 0.6) is 11.5 Å². The van der Waals surface area contributed by atoms with Gasteiger partial charge in [-0.25, -0.2) is 0 Å². The molecule has 218 valence electrons. The van der Waals surface area contributed by atoms with Crippen molar-refractivity contribution in [2.45, 2.75) is 118 Å². The van der Waals surface area contributed by atoms with Gasteiger partial charge in [-0.15, -0.1) is 11.8 Å². The van der Waals surface area contributed by atoms with E-state index in [1.807, 2.05) is 18.7 Å². The summed E-state index contributed by atoms with van der Waals surface area (Å²) in [6, 6.07) is 4.43. The number of esters is 1. The van der Waals surface area contributed by atoms with Gasteiger partial charge in [0.2, 0.25) is 0 Å². The molecule has 0 saturated carbocycles. The van der Waals surface area contributed by atoms with Crippen molar-refractivity contribution in [1.29, 1.82) is 0 Å². The predicted octanol–water partition coefficient (Wildman–Crippen LogP) is 9.08. The summed E-state index contributed by atoms with van der Waals surface area (Å²) in [5.74, 6) is 3.79. The van der Waals surface area contributed by atoms with E-state index in [0.29, 0.717) is 23.5 Å². The Bertz CT molecular complexity index is 1030. The molecule has 4 atom stereocenters. The van der Waals surface area contributed by atoms with Gasteiger partial charge < -0.3 is 14.4 Å². The highest BCUT2D eigenvalue weighted by Crippen LogP contribution is 2.55. The SMILES string of the molecule is CCCCCC(C)C(C)c1cc(OC(=O)C(C)CCN2CCCCC2)c2c(c1)OC(C)(C)C1=C2C(C)CCS1. The van der Waals surface area contributed by atoms with Crippen molar-refractivity contribution >= 4 is 23.3 Å². The normalized spacial score (nSPS) is 23.3. The van der Waals surface area contributed by atoms with Crippen molar-refractivity contribution in [1.82, 2.24) is 4.90 Å². The van der Waals surface area contributed by atoms with Crippen molar-refractivity contribution < 1.29 is 14.3 Å². The number of benzene rings is 1. The van der Waals surface area contributed by atoms with Crippen LogP contribution in [0.2, 0.25) is 0 Å². The molecular weight excluding hydrogens is 502 g/mol. The van der Waals surface area contributed by atoms with Crippen molar-refractivity contribution in [3.05, 3.63) is 28.2 Å². The van der Waals surface area contributed by atoms with Crippen molar-refractivity contribution in [2.24, 2.45) is 17.8 Å². The fraction of sp³-hybridized carbons (Fsp3) is 0.735. The van der Waals surface area contributed by atoms with Crippen LogP contribution in [-0.4, -0.2) is 41.9 Å². The highest BCUT2D eigenvalue weighted by Gasteiger charge is 2.41. The third-order valence-electron chi connectivity index (χ3n) is 9.39. The van der Waals surface area contributed by atoms with Gasteiger partial charge >= 0.3 is 5.97 Å². The van der Waals surface area contributed by atoms with E-state index in [2.05, 4.69) is 58.6 Å². The average molecular weight is 556 g/mol. The van der Waals surface area contributed by atoms with Crippen LogP contribution < -0.4 is 9.47 Å². The highest BCUT2D eigenvalue weighted by molar-refractivity contribution is 8.03. The monoisotopic (exact) mass is 555 g/mol. The first-order valence-corrected chi connectivity index (χ1v) is 16.8. The summed E-state index contributed by atoms with van der Waals surface area (Å²) < 4.78 is 13.1. The van der Waals surface area contributed by atoms with Crippen LogP contribution in [0, 0.1) is 17.8 Å². The Balaban J connectivity index is 1.64. The van der Waals surface area contributed by atoms with Gasteiger partial charge in [0, 0.05) is 4.91 Å². The number of hydrogen-bond donors (Lipinski definition) is 0. The first kappa shape index (κ1) is 30.5. The number of carbonyl (C=O) groups excluding carboxylic acids is 1. The fourth-order valence-electron chi connectivity index (χ4n) is 6.44. The highest BCUT2D eigenvalue weighted by atomic mass is 32.2. The molecule has 0 amide bonds. The van der Waals surface area contributed by atoms with E-state index < -0.39 is 0 Å². The molecule has 5 heteroatoms. The van der Waals surface area contributed by atoms with Gasteiger partial charge in [-0.3, -0.25) is 4.79 Å². The molecule has 4 nitrogen and oxygen atoms in total. The second-order valence-corrected chi connectivity index (χ2v) is 14.2.